The number of pyridine rings is 1. The van der Waals surface area contributed by atoms with Gasteiger partial charge in [-0.2, -0.15) is 0 Å². The number of aromatic nitrogens is 2. The molecule has 256 valence electrons. The Morgan fingerprint density at radius 3 is 2.06 bits per heavy atom. The highest BCUT2D eigenvalue weighted by Crippen LogP contribution is 2.47. The standard InChI is InChI=1S/C48H38N4O/c1-48(2,3)33-26-27-49-47(28-33)52-43-18-7-6-16-39(43)41-25-23-36(30-46(41)52)53-35-14-10-13-34(29-35)50-31-51(45-20-9-8-19-44(45)50)42-21-11-17-38-37-15-5-4-12-32(37)22-24-40(38)42/h4-30H,31H2,1-3H3. The molecule has 0 fully saturated rings. The van der Waals surface area contributed by atoms with E-state index in [0.29, 0.717) is 6.67 Å². The molecule has 1 aliphatic rings. The molecular formula is C48H38N4O. The zero-order chi connectivity index (χ0) is 35.7. The van der Waals surface area contributed by atoms with Gasteiger partial charge >= 0.3 is 0 Å². The van der Waals surface area contributed by atoms with Crippen LogP contribution in [0.25, 0.3) is 49.2 Å². The Labute approximate surface area is 308 Å². The van der Waals surface area contributed by atoms with Gasteiger partial charge in [0.05, 0.1) is 28.1 Å². The molecule has 2 aromatic heterocycles. The van der Waals surface area contributed by atoms with Crippen molar-refractivity contribution >= 4 is 66.1 Å². The molecule has 7 aromatic carbocycles. The van der Waals surface area contributed by atoms with Crippen molar-refractivity contribution in [3.8, 4) is 17.3 Å². The van der Waals surface area contributed by atoms with E-state index < -0.39 is 0 Å². The highest BCUT2D eigenvalue weighted by Gasteiger charge is 2.29. The Morgan fingerprint density at radius 2 is 1.19 bits per heavy atom. The summed E-state index contributed by atoms with van der Waals surface area (Å²) in [4.78, 5) is 9.65. The Morgan fingerprint density at radius 1 is 0.509 bits per heavy atom. The fourth-order valence-electron chi connectivity index (χ4n) is 8.02. The van der Waals surface area contributed by atoms with Crippen molar-refractivity contribution in [2.24, 2.45) is 0 Å². The predicted octanol–water partition coefficient (Wildman–Crippen LogP) is 12.8. The molecule has 0 saturated heterocycles. The van der Waals surface area contributed by atoms with E-state index in [1.165, 1.54) is 54.9 Å². The van der Waals surface area contributed by atoms with Crippen molar-refractivity contribution in [3.63, 3.8) is 0 Å². The van der Waals surface area contributed by atoms with Gasteiger partial charge in [0.1, 0.15) is 24.0 Å². The number of nitrogens with zero attached hydrogens (tertiary/aromatic N) is 4. The number of rotatable bonds is 5. The SMILES string of the molecule is CC(C)(C)c1ccnc(-n2c3ccccc3c3ccc(Oc4cccc(N5CN(c6cccc7c6ccc6ccccc67)c6ccccc65)c4)cc32)c1. The smallest absolute Gasteiger partial charge is 0.137 e. The number of fused-ring (bicyclic) bond motifs is 7. The average Bonchev–Trinajstić information content (AvgIpc) is 3.73. The number of ether oxygens (including phenoxy) is 1. The summed E-state index contributed by atoms with van der Waals surface area (Å²) >= 11 is 0. The predicted molar refractivity (Wildman–Crippen MR) is 221 cm³/mol. The second kappa shape index (κ2) is 12.0. The van der Waals surface area contributed by atoms with Gasteiger partial charge in [0.15, 0.2) is 0 Å². The van der Waals surface area contributed by atoms with E-state index in [2.05, 4.69) is 187 Å². The van der Waals surface area contributed by atoms with Gasteiger partial charge in [0, 0.05) is 40.2 Å². The van der Waals surface area contributed by atoms with Gasteiger partial charge < -0.3 is 14.5 Å². The second-order valence-corrected chi connectivity index (χ2v) is 14.9. The zero-order valence-corrected chi connectivity index (χ0v) is 30.0. The molecule has 0 N–H and O–H groups in total. The van der Waals surface area contributed by atoms with Crippen molar-refractivity contribution in [1.82, 2.24) is 9.55 Å². The third kappa shape index (κ3) is 5.19. The van der Waals surface area contributed by atoms with Crippen molar-refractivity contribution in [2.75, 3.05) is 16.5 Å². The minimum Gasteiger partial charge on any atom is -0.457 e. The topological polar surface area (TPSA) is 33.5 Å². The van der Waals surface area contributed by atoms with Crippen LogP contribution in [0.3, 0.4) is 0 Å². The minimum absolute atomic E-state index is 0.00635. The average molecular weight is 687 g/mol. The number of benzene rings is 7. The molecule has 0 radical (unpaired) electrons. The summed E-state index contributed by atoms with van der Waals surface area (Å²) in [6, 6.07) is 56.1. The van der Waals surface area contributed by atoms with E-state index in [1.54, 1.807) is 0 Å². The minimum atomic E-state index is 0.00635. The van der Waals surface area contributed by atoms with Crippen LogP contribution in [0.1, 0.15) is 26.3 Å². The highest BCUT2D eigenvalue weighted by atomic mass is 16.5. The van der Waals surface area contributed by atoms with E-state index >= 15 is 0 Å². The molecule has 10 rings (SSSR count). The van der Waals surface area contributed by atoms with Crippen LogP contribution in [0.4, 0.5) is 22.7 Å². The normalized spacial score (nSPS) is 13.0. The van der Waals surface area contributed by atoms with Gasteiger partial charge in [-0.3, -0.25) is 4.57 Å². The largest absolute Gasteiger partial charge is 0.457 e. The molecule has 5 heteroatoms. The summed E-state index contributed by atoms with van der Waals surface area (Å²) in [7, 11) is 0. The molecule has 0 bridgehead atoms. The lowest BCUT2D eigenvalue weighted by atomic mass is 9.88. The maximum absolute atomic E-state index is 6.68. The highest BCUT2D eigenvalue weighted by molar-refractivity contribution is 6.13. The van der Waals surface area contributed by atoms with Gasteiger partial charge in [-0.05, 0) is 87.8 Å². The molecule has 0 spiro atoms. The van der Waals surface area contributed by atoms with Crippen molar-refractivity contribution in [3.05, 3.63) is 169 Å². The lowest BCUT2D eigenvalue weighted by Crippen LogP contribution is -2.24. The fraction of sp³-hybridized carbons (Fsp3) is 0.104. The van der Waals surface area contributed by atoms with Gasteiger partial charge in [-0.25, -0.2) is 4.98 Å². The summed E-state index contributed by atoms with van der Waals surface area (Å²) < 4.78 is 8.93. The van der Waals surface area contributed by atoms with Crippen LogP contribution in [-0.2, 0) is 5.41 Å². The van der Waals surface area contributed by atoms with Crippen molar-refractivity contribution in [1.29, 1.82) is 0 Å². The van der Waals surface area contributed by atoms with Gasteiger partial charge in [0.25, 0.3) is 0 Å². The van der Waals surface area contributed by atoms with Crippen molar-refractivity contribution < 1.29 is 4.74 Å². The molecule has 0 aliphatic carbocycles. The molecule has 0 amide bonds. The van der Waals surface area contributed by atoms with Gasteiger partial charge in [-0.15, -0.1) is 0 Å². The van der Waals surface area contributed by atoms with Crippen LogP contribution in [0.2, 0.25) is 0 Å². The number of hydrogen-bond donors (Lipinski definition) is 0. The van der Waals surface area contributed by atoms with Crippen LogP contribution in [-0.4, -0.2) is 16.2 Å². The number of anilines is 4. The maximum Gasteiger partial charge on any atom is 0.137 e. The lowest BCUT2D eigenvalue weighted by molar-refractivity contribution is 0.483. The Hall–Kier alpha value is -6.59. The number of hydrogen-bond acceptors (Lipinski definition) is 4. The summed E-state index contributed by atoms with van der Waals surface area (Å²) in [6.45, 7) is 7.39. The Bertz CT molecular complexity index is 2860. The zero-order valence-electron chi connectivity index (χ0n) is 30.0. The van der Waals surface area contributed by atoms with Crippen LogP contribution >= 0.6 is 0 Å². The third-order valence-electron chi connectivity index (χ3n) is 10.7. The first kappa shape index (κ1) is 31.2. The Kier molecular flexibility index (Phi) is 7.05. The molecule has 0 unspecified atom stereocenters. The fourth-order valence-corrected chi connectivity index (χ4v) is 8.02. The molecule has 0 atom stereocenters. The van der Waals surface area contributed by atoms with Gasteiger partial charge in [-0.1, -0.05) is 106 Å². The van der Waals surface area contributed by atoms with Crippen molar-refractivity contribution in [2.45, 2.75) is 26.2 Å². The Balaban J connectivity index is 1.01. The van der Waals surface area contributed by atoms with E-state index in [0.717, 1.165) is 34.0 Å². The molecule has 9 aromatic rings. The van der Waals surface area contributed by atoms with Crippen LogP contribution < -0.4 is 14.5 Å². The molecule has 53 heavy (non-hydrogen) atoms. The van der Waals surface area contributed by atoms with E-state index in [9.17, 15) is 0 Å². The van der Waals surface area contributed by atoms with Crippen LogP contribution in [0.5, 0.6) is 11.5 Å². The van der Waals surface area contributed by atoms with E-state index in [-0.39, 0.29) is 5.41 Å². The van der Waals surface area contributed by atoms with E-state index in [4.69, 9.17) is 9.72 Å². The lowest BCUT2D eigenvalue weighted by Gasteiger charge is -2.24. The first-order valence-electron chi connectivity index (χ1n) is 18.2. The van der Waals surface area contributed by atoms with Crippen LogP contribution in [0.15, 0.2) is 164 Å². The van der Waals surface area contributed by atoms with E-state index in [1.807, 2.05) is 12.3 Å². The number of para-hydroxylation sites is 3. The molecular weight excluding hydrogens is 649 g/mol. The van der Waals surface area contributed by atoms with Crippen LogP contribution in [0, 0.1) is 0 Å². The summed E-state index contributed by atoms with van der Waals surface area (Å²) in [5, 5.41) is 7.39. The molecule has 5 nitrogen and oxygen atoms in total. The molecule has 1 aliphatic heterocycles. The second-order valence-electron chi connectivity index (χ2n) is 14.9. The van der Waals surface area contributed by atoms with Gasteiger partial charge in [0.2, 0.25) is 0 Å². The molecule has 3 heterocycles. The summed E-state index contributed by atoms with van der Waals surface area (Å²) in [6.07, 6.45) is 1.92. The first-order chi connectivity index (χ1) is 25.9. The monoisotopic (exact) mass is 686 g/mol. The quantitative estimate of drug-likeness (QED) is 0.169. The first-order valence-corrected chi connectivity index (χ1v) is 18.2. The third-order valence-corrected chi connectivity index (χ3v) is 10.7. The summed E-state index contributed by atoms with van der Waals surface area (Å²) in [5.74, 6) is 2.46. The maximum atomic E-state index is 6.68. The summed E-state index contributed by atoms with van der Waals surface area (Å²) in [5.41, 5.74) is 8.05. The molecule has 0 saturated carbocycles.